The quantitative estimate of drug-likeness (QED) is 0.630. The predicted molar refractivity (Wildman–Crippen MR) is 103 cm³/mol. The lowest BCUT2D eigenvalue weighted by Gasteiger charge is -2.09. The molecule has 0 saturated heterocycles. The van der Waals surface area contributed by atoms with Crippen LogP contribution in [-0.2, 0) is 0 Å². The molecule has 0 radical (unpaired) electrons. The molecule has 0 amide bonds. The zero-order chi connectivity index (χ0) is 18.5. The molecule has 0 atom stereocenters. The topological polar surface area (TPSA) is 79.8 Å². The average Bonchev–Trinajstić information content (AvgIpc) is 2.62. The van der Waals surface area contributed by atoms with Gasteiger partial charge in [-0.05, 0) is 42.7 Å². The van der Waals surface area contributed by atoms with Crippen LogP contribution >= 0.6 is 0 Å². The highest BCUT2D eigenvalue weighted by Gasteiger charge is 2.05. The number of carbonyl (C=O) groups is 1. The van der Waals surface area contributed by atoms with E-state index in [0.29, 0.717) is 23.2 Å². The molecule has 6 heteroatoms. The van der Waals surface area contributed by atoms with Crippen molar-refractivity contribution < 1.29 is 4.79 Å². The Morgan fingerprint density at radius 3 is 2.46 bits per heavy atom. The molecule has 1 aromatic heterocycles. The van der Waals surface area contributed by atoms with E-state index in [1.807, 2.05) is 24.3 Å². The van der Waals surface area contributed by atoms with Gasteiger partial charge in [0.2, 0.25) is 5.95 Å². The third kappa shape index (κ3) is 4.42. The summed E-state index contributed by atoms with van der Waals surface area (Å²) in [6.45, 7) is 5.86. The number of anilines is 4. The fourth-order valence-corrected chi connectivity index (χ4v) is 2.46. The minimum absolute atomic E-state index is 0.0154. The number of ketones is 1. The molecule has 2 N–H and O–H groups in total. The lowest BCUT2D eigenvalue weighted by Crippen LogP contribution is -2.03. The van der Waals surface area contributed by atoms with E-state index in [9.17, 15) is 4.79 Å². The number of Topliss-reactive ketones (excluding diaryl/α,β-unsaturated/α-hetero) is 1. The number of hydrogen-bond acceptors (Lipinski definition) is 6. The highest BCUT2D eigenvalue weighted by molar-refractivity contribution is 5.95. The van der Waals surface area contributed by atoms with Crippen molar-refractivity contribution in [2.75, 3.05) is 10.6 Å². The lowest BCUT2D eigenvalue weighted by atomic mass is 10.0. The minimum Gasteiger partial charge on any atom is -0.339 e. The number of aromatic nitrogens is 3. The summed E-state index contributed by atoms with van der Waals surface area (Å²) in [4.78, 5) is 15.9. The zero-order valence-electron chi connectivity index (χ0n) is 15.0. The molecule has 0 fully saturated rings. The van der Waals surface area contributed by atoms with Gasteiger partial charge in [0.1, 0.15) is 0 Å². The first-order valence-electron chi connectivity index (χ1n) is 8.46. The number of carbonyl (C=O) groups excluding carboxylic acids is 1. The summed E-state index contributed by atoms with van der Waals surface area (Å²) >= 11 is 0. The number of nitrogens with one attached hydrogen (secondary N) is 2. The van der Waals surface area contributed by atoms with Crippen molar-refractivity contribution in [3.63, 3.8) is 0 Å². The summed E-state index contributed by atoms with van der Waals surface area (Å²) in [6.07, 6.45) is 1.54. The van der Waals surface area contributed by atoms with Crippen molar-refractivity contribution in [2.24, 2.45) is 0 Å². The summed E-state index contributed by atoms with van der Waals surface area (Å²) in [6, 6.07) is 15.4. The lowest BCUT2D eigenvalue weighted by molar-refractivity contribution is 0.101. The van der Waals surface area contributed by atoms with Crippen LogP contribution in [-0.4, -0.2) is 21.0 Å². The number of benzene rings is 2. The maximum Gasteiger partial charge on any atom is 0.249 e. The Morgan fingerprint density at radius 2 is 1.77 bits per heavy atom. The van der Waals surface area contributed by atoms with Crippen LogP contribution in [0.4, 0.5) is 23.1 Å². The first-order chi connectivity index (χ1) is 12.5. The van der Waals surface area contributed by atoms with Crippen LogP contribution in [0.15, 0.2) is 54.7 Å². The first-order valence-corrected chi connectivity index (χ1v) is 8.46. The van der Waals surface area contributed by atoms with Crippen molar-refractivity contribution in [3.05, 3.63) is 65.9 Å². The molecule has 6 nitrogen and oxygen atoms in total. The summed E-state index contributed by atoms with van der Waals surface area (Å²) in [5, 5.41) is 14.3. The van der Waals surface area contributed by atoms with Crippen LogP contribution in [0, 0.1) is 0 Å². The molecule has 0 saturated carbocycles. The van der Waals surface area contributed by atoms with E-state index < -0.39 is 0 Å². The van der Waals surface area contributed by atoms with Gasteiger partial charge in [0, 0.05) is 16.9 Å². The fourth-order valence-electron chi connectivity index (χ4n) is 2.46. The van der Waals surface area contributed by atoms with Crippen molar-refractivity contribution in [2.45, 2.75) is 26.7 Å². The Hall–Kier alpha value is -3.28. The predicted octanol–water partition coefficient (Wildman–Crippen LogP) is 4.68. The molecule has 0 spiro atoms. The van der Waals surface area contributed by atoms with Crippen LogP contribution in [0.1, 0.15) is 42.6 Å². The van der Waals surface area contributed by atoms with Gasteiger partial charge in [0.05, 0.1) is 6.20 Å². The van der Waals surface area contributed by atoms with Gasteiger partial charge in [-0.15, -0.1) is 5.10 Å². The van der Waals surface area contributed by atoms with Crippen LogP contribution in [0.25, 0.3) is 0 Å². The third-order valence-corrected chi connectivity index (χ3v) is 3.93. The summed E-state index contributed by atoms with van der Waals surface area (Å²) < 4.78 is 0. The minimum atomic E-state index is 0.0154. The fraction of sp³-hybridized carbons (Fsp3) is 0.200. The summed E-state index contributed by atoms with van der Waals surface area (Å²) in [5.41, 5.74) is 3.58. The molecule has 0 bridgehead atoms. The second-order valence-corrected chi connectivity index (χ2v) is 6.33. The van der Waals surface area contributed by atoms with E-state index in [2.05, 4.69) is 51.8 Å². The van der Waals surface area contributed by atoms with Gasteiger partial charge >= 0.3 is 0 Å². The van der Waals surface area contributed by atoms with Gasteiger partial charge in [0.15, 0.2) is 11.6 Å². The molecule has 1 heterocycles. The Morgan fingerprint density at radius 1 is 1.00 bits per heavy atom. The molecule has 2 aromatic carbocycles. The Labute approximate surface area is 152 Å². The summed E-state index contributed by atoms with van der Waals surface area (Å²) in [7, 11) is 0. The second kappa shape index (κ2) is 7.74. The van der Waals surface area contributed by atoms with E-state index in [1.165, 1.54) is 18.7 Å². The van der Waals surface area contributed by atoms with Crippen molar-refractivity contribution in [3.8, 4) is 0 Å². The van der Waals surface area contributed by atoms with Crippen LogP contribution in [0.2, 0.25) is 0 Å². The van der Waals surface area contributed by atoms with Crippen LogP contribution < -0.4 is 10.6 Å². The van der Waals surface area contributed by atoms with Gasteiger partial charge < -0.3 is 10.6 Å². The molecule has 132 valence electrons. The van der Waals surface area contributed by atoms with Crippen LogP contribution in [0.5, 0.6) is 0 Å². The van der Waals surface area contributed by atoms with Crippen LogP contribution in [0.3, 0.4) is 0 Å². The van der Waals surface area contributed by atoms with Gasteiger partial charge in [-0.25, -0.2) is 0 Å². The van der Waals surface area contributed by atoms with Gasteiger partial charge in [-0.1, -0.05) is 38.1 Å². The number of hydrogen-bond donors (Lipinski definition) is 2. The van der Waals surface area contributed by atoms with Crippen molar-refractivity contribution >= 4 is 28.9 Å². The van der Waals surface area contributed by atoms with E-state index in [1.54, 1.807) is 12.1 Å². The highest BCUT2D eigenvalue weighted by atomic mass is 16.1. The maximum atomic E-state index is 11.5. The van der Waals surface area contributed by atoms with E-state index in [4.69, 9.17) is 0 Å². The van der Waals surface area contributed by atoms with Crippen molar-refractivity contribution in [1.29, 1.82) is 0 Å². The smallest absolute Gasteiger partial charge is 0.249 e. The third-order valence-electron chi connectivity index (χ3n) is 3.93. The standard InChI is InChI=1S/C20H21N5O/c1-13(2)15-7-9-17(10-8-15)23-20-24-19(12-21-25-20)22-18-6-4-5-16(11-18)14(3)26/h4-13H,1-3H3,(H2,22,23,24,25). The zero-order valence-corrected chi connectivity index (χ0v) is 15.0. The maximum absolute atomic E-state index is 11.5. The molecule has 3 rings (SSSR count). The molecular weight excluding hydrogens is 326 g/mol. The first kappa shape index (κ1) is 17.5. The molecular formula is C20H21N5O. The number of rotatable bonds is 6. The highest BCUT2D eigenvalue weighted by Crippen LogP contribution is 2.20. The largest absolute Gasteiger partial charge is 0.339 e. The van der Waals surface area contributed by atoms with Gasteiger partial charge in [-0.3, -0.25) is 4.79 Å². The normalized spacial score (nSPS) is 10.6. The molecule has 26 heavy (non-hydrogen) atoms. The Bertz CT molecular complexity index is 906. The van der Waals surface area contributed by atoms with Gasteiger partial charge in [-0.2, -0.15) is 10.1 Å². The molecule has 0 aliphatic rings. The SMILES string of the molecule is CC(=O)c1cccc(Nc2cnnc(Nc3ccc(C(C)C)cc3)n2)c1. The average molecular weight is 347 g/mol. The monoisotopic (exact) mass is 347 g/mol. The van der Waals surface area contributed by atoms with Gasteiger partial charge in [0.25, 0.3) is 0 Å². The molecule has 0 unspecified atom stereocenters. The molecule has 0 aliphatic heterocycles. The summed E-state index contributed by atoms with van der Waals surface area (Å²) in [5.74, 6) is 1.44. The van der Waals surface area contributed by atoms with E-state index >= 15 is 0 Å². The van der Waals surface area contributed by atoms with E-state index in [0.717, 1.165) is 11.4 Å². The number of nitrogens with zero attached hydrogens (tertiary/aromatic N) is 3. The van der Waals surface area contributed by atoms with Crippen molar-refractivity contribution in [1.82, 2.24) is 15.2 Å². The molecule has 0 aliphatic carbocycles. The van der Waals surface area contributed by atoms with E-state index in [-0.39, 0.29) is 5.78 Å². The molecule has 3 aromatic rings. The Balaban J connectivity index is 1.74. The second-order valence-electron chi connectivity index (χ2n) is 6.33. The Kier molecular flexibility index (Phi) is 5.22.